The van der Waals surface area contributed by atoms with Crippen molar-refractivity contribution in [2.24, 2.45) is 0 Å². The minimum Gasteiger partial charge on any atom is -0.766 e. The number of urea groups is 1. The lowest BCUT2D eigenvalue weighted by atomic mass is 10.0. The van der Waals surface area contributed by atoms with Crippen molar-refractivity contribution in [3.8, 4) is 0 Å². The van der Waals surface area contributed by atoms with E-state index >= 15 is 0 Å². The number of aliphatic hydroxyl groups is 1. The molecule has 6 N–H and O–H groups in total. The highest BCUT2D eigenvalue weighted by atomic mass is 32.2. The molecule has 2 rings (SSSR count). The Morgan fingerprint density at radius 1 is 1.06 bits per heavy atom. The zero-order chi connectivity index (χ0) is 26.1. The van der Waals surface area contributed by atoms with E-state index in [1.807, 2.05) is 11.8 Å². The predicted molar refractivity (Wildman–Crippen MR) is 141 cm³/mol. The van der Waals surface area contributed by atoms with Gasteiger partial charge in [-0.3, -0.25) is 9.36 Å². The molecule has 4 atom stereocenters. The highest BCUT2D eigenvalue weighted by Gasteiger charge is 2.42. The second kappa shape index (κ2) is 18.4. The highest BCUT2D eigenvalue weighted by molar-refractivity contribution is 8.00. The minimum absolute atomic E-state index is 0.0641. The number of amides is 3. The van der Waals surface area contributed by atoms with Gasteiger partial charge in [0.2, 0.25) is 13.7 Å². The first kappa shape index (κ1) is 31.3. The fraction of sp³-hybridized carbons (Fsp3) is 0.913. The Hall–Kier alpha value is -0.880. The number of thioether (sulfide) groups is 1. The van der Waals surface area contributed by atoms with Crippen molar-refractivity contribution < 1.29 is 28.7 Å². The van der Waals surface area contributed by atoms with Gasteiger partial charge in [-0.1, -0.05) is 32.1 Å². The first-order valence-corrected chi connectivity index (χ1v) is 16.0. The van der Waals surface area contributed by atoms with Crippen LogP contribution in [0, 0.1) is 0 Å². The average molecular weight is 551 g/mol. The maximum atomic E-state index is 12.0. The molecule has 13 heteroatoms. The summed E-state index contributed by atoms with van der Waals surface area (Å²) < 4.78 is 16.8. The van der Waals surface area contributed by atoms with Gasteiger partial charge >= 0.3 is 6.03 Å². The molecule has 0 aromatic heterocycles. The van der Waals surface area contributed by atoms with Crippen LogP contribution in [-0.4, -0.2) is 73.1 Å². The van der Waals surface area contributed by atoms with E-state index in [2.05, 4.69) is 26.4 Å². The SMILES string of the molecule is O=C(CCCCC1SCC2NC(=O)NC21)NCCCCCCOP(=O)([O-])NCNCCCCCCO. The number of carbonyl (C=O) groups is 2. The van der Waals surface area contributed by atoms with Crippen LogP contribution in [0.15, 0.2) is 0 Å². The van der Waals surface area contributed by atoms with Crippen LogP contribution in [0.1, 0.15) is 77.0 Å². The summed E-state index contributed by atoms with van der Waals surface area (Å²) in [6.45, 7) is 1.87. The summed E-state index contributed by atoms with van der Waals surface area (Å²) in [6, 6.07) is 0.403. The van der Waals surface area contributed by atoms with Gasteiger partial charge in [-0.15, -0.1) is 0 Å². The molecular formula is C23H45N5O6PS-. The van der Waals surface area contributed by atoms with Gasteiger partial charge in [-0.2, -0.15) is 11.8 Å². The number of fused-ring (bicyclic) bond motifs is 1. The van der Waals surface area contributed by atoms with E-state index in [0.717, 1.165) is 70.0 Å². The maximum absolute atomic E-state index is 12.0. The zero-order valence-electron chi connectivity index (χ0n) is 21.3. The minimum atomic E-state index is -4.04. The van der Waals surface area contributed by atoms with Crippen LogP contribution in [0.3, 0.4) is 0 Å². The lowest BCUT2D eigenvalue weighted by Gasteiger charge is -2.24. The van der Waals surface area contributed by atoms with Crippen LogP contribution in [-0.2, 0) is 13.9 Å². The molecule has 36 heavy (non-hydrogen) atoms. The number of hydrogen-bond acceptors (Lipinski definition) is 8. The molecule has 2 fully saturated rings. The van der Waals surface area contributed by atoms with Crippen molar-refractivity contribution in [1.82, 2.24) is 26.4 Å². The van der Waals surface area contributed by atoms with Crippen molar-refractivity contribution in [3.05, 3.63) is 0 Å². The van der Waals surface area contributed by atoms with Crippen LogP contribution in [0.5, 0.6) is 0 Å². The van der Waals surface area contributed by atoms with Crippen LogP contribution in [0.25, 0.3) is 0 Å². The van der Waals surface area contributed by atoms with Crippen LogP contribution >= 0.6 is 19.5 Å². The number of aliphatic hydroxyl groups excluding tert-OH is 1. The summed E-state index contributed by atoms with van der Waals surface area (Å²) in [7, 11) is -4.04. The van der Waals surface area contributed by atoms with Gasteiger partial charge in [0.1, 0.15) is 0 Å². The Bertz CT molecular complexity index is 691. The molecule has 2 saturated heterocycles. The molecule has 2 heterocycles. The monoisotopic (exact) mass is 550 g/mol. The molecule has 3 amide bonds. The maximum Gasteiger partial charge on any atom is 0.315 e. The molecule has 2 aliphatic heterocycles. The third-order valence-electron chi connectivity index (χ3n) is 6.39. The third-order valence-corrected chi connectivity index (χ3v) is 8.97. The summed E-state index contributed by atoms with van der Waals surface area (Å²) in [5, 5.41) is 23.4. The smallest absolute Gasteiger partial charge is 0.315 e. The zero-order valence-corrected chi connectivity index (χ0v) is 23.0. The molecule has 210 valence electrons. The summed E-state index contributed by atoms with van der Waals surface area (Å²) in [5.41, 5.74) is 0. The molecule has 0 bridgehead atoms. The fourth-order valence-electron chi connectivity index (χ4n) is 4.36. The van der Waals surface area contributed by atoms with E-state index in [0.29, 0.717) is 31.2 Å². The Labute approximate surface area is 219 Å². The molecule has 2 aliphatic rings. The average Bonchev–Trinajstić information content (AvgIpc) is 3.39. The number of nitrogens with one attached hydrogen (secondary N) is 5. The molecule has 0 radical (unpaired) electrons. The standard InChI is InChI=1S/C23H46N5O6PS/c29-15-9-3-1-7-13-24-18-26-35(32,33)34-16-10-4-2-8-14-25-21(30)12-6-5-11-20-22-19(17-36-20)27-23(31)28-22/h19-20,22,24,29H,1-18H2,(H,25,30)(H2,26,32,33)(H2,27,28,31)/p-1. The van der Waals surface area contributed by atoms with Gasteiger partial charge in [-0.05, 0) is 45.1 Å². The van der Waals surface area contributed by atoms with Gasteiger partial charge in [0.15, 0.2) is 0 Å². The van der Waals surface area contributed by atoms with Crippen molar-refractivity contribution in [2.75, 3.05) is 38.7 Å². The van der Waals surface area contributed by atoms with Gasteiger partial charge in [0.25, 0.3) is 0 Å². The van der Waals surface area contributed by atoms with Crippen molar-refractivity contribution >= 4 is 31.4 Å². The summed E-state index contributed by atoms with van der Waals surface area (Å²) in [5.74, 6) is 1.03. The van der Waals surface area contributed by atoms with E-state index in [-0.39, 0.29) is 43.9 Å². The molecule has 0 spiro atoms. The van der Waals surface area contributed by atoms with Crippen LogP contribution in [0.2, 0.25) is 0 Å². The number of hydrogen-bond donors (Lipinski definition) is 6. The number of rotatable bonds is 22. The van der Waals surface area contributed by atoms with Crippen molar-refractivity contribution in [2.45, 2.75) is 94.4 Å². The molecular weight excluding hydrogens is 505 g/mol. The normalized spacial score (nSPS) is 22.6. The van der Waals surface area contributed by atoms with Crippen LogP contribution < -0.4 is 31.2 Å². The number of carbonyl (C=O) groups excluding carboxylic acids is 2. The fourth-order valence-corrected chi connectivity index (χ4v) is 6.67. The van der Waals surface area contributed by atoms with Gasteiger partial charge in [0, 0.05) is 30.6 Å². The third kappa shape index (κ3) is 13.6. The van der Waals surface area contributed by atoms with Crippen molar-refractivity contribution in [3.63, 3.8) is 0 Å². The lowest BCUT2D eigenvalue weighted by molar-refractivity contribution is -0.202. The summed E-state index contributed by atoms with van der Waals surface area (Å²) >= 11 is 1.90. The molecule has 0 aliphatic carbocycles. The quantitative estimate of drug-likeness (QED) is 0.0508. The second-order valence-electron chi connectivity index (χ2n) is 9.44. The van der Waals surface area contributed by atoms with Gasteiger partial charge in [-0.25, -0.2) is 9.88 Å². The molecule has 0 aromatic rings. The Morgan fingerprint density at radius 2 is 1.81 bits per heavy atom. The van der Waals surface area contributed by atoms with Crippen LogP contribution in [0.4, 0.5) is 4.79 Å². The molecule has 11 nitrogen and oxygen atoms in total. The van der Waals surface area contributed by atoms with E-state index in [9.17, 15) is 19.0 Å². The first-order chi connectivity index (χ1) is 17.4. The Balaban J connectivity index is 1.34. The lowest BCUT2D eigenvalue weighted by Crippen LogP contribution is -2.36. The molecule has 0 aromatic carbocycles. The van der Waals surface area contributed by atoms with E-state index < -0.39 is 7.75 Å². The Morgan fingerprint density at radius 3 is 2.61 bits per heavy atom. The largest absolute Gasteiger partial charge is 0.766 e. The summed E-state index contributed by atoms with van der Waals surface area (Å²) in [6.07, 6.45) is 10.3. The molecule has 4 unspecified atom stereocenters. The van der Waals surface area contributed by atoms with E-state index in [1.54, 1.807) is 0 Å². The van der Waals surface area contributed by atoms with Gasteiger partial charge < -0.3 is 35.8 Å². The van der Waals surface area contributed by atoms with E-state index in [1.165, 1.54) is 0 Å². The van der Waals surface area contributed by atoms with Crippen molar-refractivity contribution in [1.29, 1.82) is 0 Å². The highest BCUT2D eigenvalue weighted by Crippen LogP contribution is 2.33. The topological polar surface area (TPSA) is 164 Å². The number of unbranched alkanes of at least 4 members (excludes halogenated alkanes) is 7. The molecule has 0 saturated carbocycles. The summed E-state index contributed by atoms with van der Waals surface area (Å²) in [4.78, 5) is 35.2. The Kier molecular flexibility index (Phi) is 16.0. The van der Waals surface area contributed by atoms with E-state index in [4.69, 9.17) is 9.63 Å². The predicted octanol–water partition coefficient (Wildman–Crippen LogP) is 1.56. The van der Waals surface area contributed by atoms with Gasteiger partial charge in [0.05, 0.1) is 25.4 Å². The second-order valence-corrected chi connectivity index (χ2v) is 12.3. The first-order valence-electron chi connectivity index (χ1n) is 13.4.